The minimum atomic E-state index is 0.597. The summed E-state index contributed by atoms with van der Waals surface area (Å²) in [6, 6.07) is 8.06. The summed E-state index contributed by atoms with van der Waals surface area (Å²) in [5, 5.41) is 3.32. The summed E-state index contributed by atoms with van der Waals surface area (Å²) in [7, 11) is 0. The Labute approximate surface area is 110 Å². The predicted molar refractivity (Wildman–Crippen MR) is 76.4 cm³/mol. The Balaban J connectivity index is 2.18. The second kappa shape index (κ2) is 8.81. The standard InChI is InChI=1S/C15H25NO2/c1-4-10-18-15-7-5-14(6-8-15)16-9-11-17-12-13(2)3/h5-8,13,16H,4,9-12H2,1-3H3. The Bertz CT molecular complexity index is 309. The van der Waals surface area contributed by atoms with Crippen LogP contribution in [0, 0.1) is 5.92 Å². The molecule has 0 heterocycles. The van der Waals surface area contributed by atoms with E-state index in [1.54, 1.807) is 0 Å². The van der Waals surface area contributed by atoms with Crippen molar-refractivity contribution in [2.75, 3.05) is 31.7 Å². The van der Waals surface area contributed by atoms with Gasteiger partial charge in [-0.15, -0.1) is 0 Å². The van der Waals surface area contributed by atoms with Gasteiger partial charge in [-0.25, -0.2) is 0 Å². The molecule has 0 amide bonds. The van der Waals surface area contributed by atoms with Gasteiger partial charge in [-0.3, -0.25) is 0 Å². The fraction of sp³-hybridized carbons (Fsp3) is 0.600. The van der Waals surface area contributed by atoms with Crippen LogP contribution >= 0.6 is 0 Å². The maximum Gasteiger partial charge on any atom is 0.119 e. The van der Waals surface area contributed by atoms with Crippen molar-refractivity contribution >= 4 is 5.69 Å². The molecule has 0 aliphatic carbocycles. The molecule has 0 saturated heterocycles. The van der Waals surface area contributed by atoms with Crippen LogP contribution < -0.4 is 10.1 Å². The summed E-state index contributed by atoms with van der Waals surface area (Å²) >= 11 is 0. The van der Waals surface area contributed by atoms with Gasteiger partial charge in [0, 0.05) is 18.8 Å². The molecular formula is C15H25NO2. The van der Waals surface area contributed by atoms with E-state index < -0.39 is 0 Å². The van der Waals surface area contributed by atoms with Crippen molar-refractivity contribution in [2.45, 2.75) is 27.2 Å². The Morgan fingerprint density at radius 1 is 1.11 bits per heavy atom. The van der Waals surface area contributed by atoms with Crippen LogP contribution in [0.2, 0.25) is 0 Å². The zero-order chi connectivity index (χ0) is 13.2. The van der Waals surface area contributed by atoms with E-state index in [2.05, 4.69) is 26.1 Å². The van der Waals surface area contributed by atoms with Gasteiger partial charge in [0.1, 0.15) is 5.75 Å². The largest absolute Gasteiger partial charge is 0.494 e. The number of hydrogen-bond acceptors (Lipinski definition) is 3. The molecule has 0 bridgehead atoms. The molecule has 3 nitrogen and oxygen atoms in total. The van der Waals surface area contributed by atoms with Gasteiger partial charge in [0.05, 0.1) is 13.2 Å². The number of nitrogens with one attached hydrogen (secondary N) is 1. The van der Waals surface area contributed by atoms with Gasteiger partial charge in [-0.2, -0.15) is 0 Å². The van der Waals surface area contributed by atoms with Gasteiger partial charge in [-0.1, -0.05) is 20.8 Å². The van der Waals surface area contributed by atoms with Crippen LogP contribution in [-0.4, -0.2) is 26.4 Å². The highest BCUT2D eigenvalue weighted by Crippen LogP contribution is 2.15. The van der Waals surface area contributed by atoms with Crippen LogP contribution in [0.25, 0.3) is 0 Å². The van der Waals surface area contributed by atoms with Crippen LogP contribution in [0.1, 0.15) is 27.2 Å². The summed E-state index contributed by atoms with van der Waals surface area (Å²) in [5.74, 6) is 1.53. The zero-order valence-electron chi connectivity index (χ0n) is 11.7. The number of rotatable bonds is 9. The molecule has 1 N–H and O–H groups in total. The van der Waals surface area contributed by atoms with Crippen LogP contribution in [0.5, 0.6) is 5.75 Å². The molecule has 0 saturated carbocycles. The van der Waals surface area contributed by atoms with E-state index >= 15 is 0 Å². The van der Waals surface area contributed by atoms with Crippen LogP contribution in [0.3, 0.4) is 0 Å². The second-order valence-corrected chi connectivity index (χ2v) is 4.77. The highest BCUT2D eigenvalue weighted by Gasteiger charge is 1.96. The van der Waals surface area contributed by atoms with Gasteiger partial charge in [0.15, 0.2) is 0 Å². The molecule has 3 heteroatoms. The first-order valence-electron chi connectivity index (χ1n) is 6.77. The lowest BCUT2D eigenvalue weighted by Crippen LogP contribution is -2.12. The van der Waals surface area contributed by atoms with E-state index in [1.165, 1.54) is 0 Å². The molecular weight excluding hydrogens is 226 g/mol. The maximum absolute atomic E-state index is 5.53. The summed E-state index contributed by atoms with van der Waals surface area (Å²) in [4.78, 5) is 0. The first-order chi connectivity index (χ1) is 8.72. The van der Waals surface area contributed by atoms with Gasteiger partial charge < -0.3 is 14.8 Å². The molecule has 0 aliphatic rings. The molecule has 1 aromatic rings. The third-order valence-electron chi connectivity index (χ3n) is 2.35. The SMILES string of the molecule is CCCOc1ccc(NCCOCC(C)C)cc1. The van der Waals surface area contributed by atoms with Crippen molar-refractivity contribution in [3.63, 3.8) is 0 Å². The molecule has 102 valence electrons. The van der Waals surface area contributed by atoms with Crippen molar-refractivity contribution in [3.05, 3.63) is 24.3 Å². The smallest absolute Gasteiger partial charge is 0.119 e. The fourth-order valence-corrected chi connectivity index (χ4v) is 1.48. The van der Waals surface area contributed by atoms with E-state index in [-0.39, 0.29) is 0 Å². The topological polar surface area (TPSA) is 30.5 Å². The predicted octanol–water partition coefficient (Wildman–Crippen LogP) is 3.56. The Morgan fingerprint density at radius 3 is 2.44 bits per heavy atom. The van der Waals surface area contributed by atoms with E-state index in [0.29, 0.717) is 5.92 Å². The quantitative estimate of drug-likeness (QED) is 0.681. The van der Waals surface area contributed by atoms with E-state index in [1.807, 2.05) is 24.3 Å². The van der Waals surface area contributed by atoms with Crippen LogP contribution in [0.4, 0.5) is 5.69 Å². The van der Waals surface area contributed by atoms with Crippen LogP contribution in [0.15, 0.2) is 24.3 Å². The highest BCUT2D eigenvalue weighted by molar-refractivity contribution is 5.46. The fourth-order valence-electron chi connectivity index (χ4n) is 1.48. The molecule has 1 rings (SSSR count). The van der Waals surface area contributed by atoms with E-state index in [4.69, 9.17) is 9.47 Å². The maximum atomic E-state index is 5.53. The van der Waals surface area contributed by atoms with Crippen molar-refractivity contribution in [3.8, 4) is 5.75 Å². The molecule has 0 aliphatic heterocycles. The lowest BCUT2D eigenvalue weighted by molar-refractivity contribution is 0.118. The van der Waals surface area contributed by atoms with E-state index in [0.717, 1.165) is 44.2 Å². The molecule has 1 aromatic carbocycles. The average molecular weight is 251 g/mol. The summed E-state index contributed by atoms with van der Waals surface area (Å²) in [5.41, 5.74) is 1.10. The van der Waals surface area contributed by atoms with Crippen molar-refractivity contribution in [2.24, 2.45) is 5.92 Å². The second-order valence-electron chi connectivity index (χ2n) is 4.77. The van der Waals surface area contributed by atoms with Gasteiger partial charge in [0.25, 0.3) is 0 Å². The molecule has 0 radical (unpaired) electrons. The minimum Gasteiger partial charge on any atom is -0.494 e. The molecule has 0 unspecified atom stereocenters. The molecule has 0 fully saturated rings. The van der Waals surface area contributed by atoms with E-state index in [9.17, 15) is 0 Å². The van der Waals surface area contributed by atoms with Crippen molar-refractivity contribution < 1.29 is 9.47 Å². The van der Waals surface area contributed by atoms with Crippen molar-refractivity contribution in [1.82, 2.24) is 0 Å². The number of benzene rings is 1. The molecule has 0 spiro atoms. The lowest BCUT2D eigenvalue weighted by atomic mass is 10.2. The monoisotopic (exact) mass is 251 g/mol. The van der Waals surface area contributed by atoms with Gasteiger partial charge in [-0.05, 0) is 36.6 Å². The summed E-state index contributed by atoms with van der Waals surface area (Å²) < 4.78 is 11.0. The minimum absolute atomic E-state index is 0.597. The number of ether oxygens (including phenoxy) is 2. The first kappa shape index (κ1) is 14.8. The normalized spacial score (nSPS) is 10.7. The highest BCUT2D eigenvalue weighted by atomic mass is 16.5. The molecule has 0 atom stereocenters. The van der Waals surface area contributed by atoms with Gasteiger partial charge >= 0.3 is 0 Å². The Morgan fingerprint density at radius 2 is 1.83 bits per heavy atom. The summed E-state index contributed by atoms with van der Waals surface area (Å²) in [6.07, 6.45) is 1.03. The van der Waals surface area contributed by atoms with Crippen LogP contribution in [-0.2, 0) is 4.74 Å². The van der Waals surface area contributed by atoms with Crippen molar-refractivity contribution in [1.29, 1.82) is 0 Å². The summed E-state index contributed by atoms with van der Waals surface area (Å²) in [6.45, 7) is 9.59. The third-order valence-corrected chi connectivity index (χ3v) is 2.35. The first-order valence-corrected chi connectivity index (χ1v) is 6.77. The Hall–Kier alpha value is -1.22. The van der Waals surface area contributed by atoms with Gasteiger partial charge in [0.2, 0.25) is 0 Å². The third kappa shape index (κ3) is 6.50. The molecule has 18 heavy (non-hydrogen) atoms. The number of anilines is 1. The lowest BCUT2D eigenvalue weighted by Gasteiger charge is -2.10. The Kier molecular flexibility index (Phi) is 7.26. The number of hydrogen-bond donors (Lipinski definition) is 1. The average Bonchev–Trinajstić information content (AvgIpc) is 2.37. The zero-order valence-corrected chi connectivity index (χ0v) is 11.7. The molecule has 0 aromatic heterocycles.